The predicted molar refractivity (Wildman–Crippen MR) is 89.0 cm³/mol. The SMILES string of the molecule is CCOC1CCc2ccc3c(c21)C(=O)c1cc(OC)ccc1C3=O. The molecule has 0 heterocycles. The van der Waals surface area contributed by atoms with Gasteiger partial charge in [-0.2, -0.15) is 0 Å². The molecule has 0 N–H and O–H groups in total. The van der Waals surface area contributed by atoms with Crippen LogP contribution < -0.4 is 4.74 Å². The molecule has 0 saturated heterocycles. The van der Waals surface area contributed by atoms with Gasteiger partial charge in [-0.25, -0.2) is 0 Å². The van der Waals surface area contributed by atoms with Gasteiger partial charge >= 0.3 is 0 Å². The third-order valence-corrected chi connectivity index (χ3v) is 4.89. The minimum absolute atomic E-state index is 0.104. The summed E-state index contributed by atoms with van der Waals surface area (Å²) in [6.07, 6.45) is 1.62. The molecule has 0 bridgehead atoms. The summed E-state index contributed by atoms with van der Waals surface area (Å²) in [5.74, 6) is 0.362. The van der Waals surface area contributed by atoms with Gasteiger partial charge in [0.15, 0.2) is 11.6 Å². The van der Waals surface area contributed by atoms with Crippen molar-refractivity contribution in [1.82, 2.24) is 0 Å². The molecular weight excluding hydrogens is 304 g/mol. The lowest BCUT2D eigenvalue weighted by atomic mass is 9.80. The van der Waals surface area contributed by atoms with Gasteiger partial charge < -0.3 is 9.47 Å². The minimum Gasteiger partial charge on any atom is -0.497 e. The standard InChI is InChI=1S/C20H18O4/c1-3-24-16-9-5-11-4-7-14-18(17(11)16)20(22)15-10-12(23-2)6-8-13(15)19(14)21/h4,6-8,10,16H,3,5,9H2,1-2H3. The first-order valence-corrected chi connectivity index (χ1v) is 8.20. The first-order valence-electron chi connectivity index (χ1n) is 8.20. The third-order valence-electron chi connectivity index (χ3n) is 4.89. The van der Waals surface area contributed by atoms with Gasteiger partial charge in [0.2, 0.25) is 0 Å². The molecule has 2 aliphatic rings. The Bertz CT molecular complexity index is 864. The van der Waals surface area contributed by atoms with E-state index in [-0.39, 0.29) is 17.7 Å². The van der Waals surface area contributed by atoms with Crippen molar-refractivity contribution in [2.45, 2.75) is 25.9 Å². The second-order valence-electron chi connectivity index (χ2n) is 6.11. The predicted octanol–water partition coefficient (Wildman–Crippen LogP) is 3.49. The fourth-order valence-corrected chi connectivity index (χ4v) is 3.80. The molecule has 2 aromatic carbocycles. The molecule has 0 fully saturated rings. The van der Waals surface area contributed by atoms with E-state index < -0.39 is 0 Å². The highest BCUT2D eigenvalue weighted by Gasteiger charge is 2.37. The number of methoxy groups -OCH3 is 1. The van der Waals surface area contributed by atoms with E-state index >= 15 is 0 Å². The number of benzene rings is 2. The Morgan fingerprint density at radius 3 is 2.58 bits per heavy atom. The maximum Gasteiger partial charge on any atom is 0.195 e. The van der Waals surface area contributed by atoms with Crippen molar-refractivity contribution in [3.05, 3.63) is 63.7 Å². The number of ketones is 2. The lowest BCUT2D eigenvalue weighted by molar-refractivity contribution is 0.0629. The van der Waals surface area contributed by atoms with Crippen LogP contribution in [-0.4, -0.2) is 25.3 Å². The molecule has 122 valence electrons. The molecule has 4 nitrogen and oxygen atoms in total. The number of hydrogen-bond donors (Lipinski definition) is 0. The molecule has 0 aliphatic heterocycles. The zero-order valence-electron chi connectivity index (χ0n) is 13.7. The Morgan fingerprint density at radius 1 is 1.04 bits per heavy atom. The van der Waals surface area contributed by atoms with Gasteiger partial charge in [-0.15, -0.1) is 0 Å². The monoisotopic (exact) mass is 322 g/mol. The number of ether oxygens (including phenoxy) is 2. The van der Waals surface area contributed by atoms with Crippen molar-refractivity contribution < 1.29 is 19.1 Å². The van der Waals surface area contributed by atoms with E-state index in [0.717, 1.165) is 24.0 Å². The average molecular weight is 322 g/mol. The molecule has 0 spiro atoms. The van der Waals surface area contributed by atoms with Crippen LogP contribution in [0.4, 0.5) is 0 Å². The number of hydrogen-bond acceptors (Lipinski definition) is 4. The van der Waals surface area contributed by atoms with Gasteiger partial charge in [-0.3, -0.25) is 9.59 Å². The first kappa shape index (κ1) is 15.1. The average Bonchev–Trinajstić information content (AvgIpc) is 3.02. The van der Waals surface area contributed by atoms with Gasteiger partial charge in [0.05, 0.1) is 13.2 Å². The Labute approximate surface area is 140 Å². The molecule has 0 radical (unpaired) electrons. The topological polar surface area (TPSA) is 52.6 Å². The van der Waals surface area contributed by atoms with Gasteiger partial charge in [0.25, 0.3) is 0 Å². The molecule has 4 rings (SSSR count). The Balaban J connectivity index is 1.94. The van der Waals surface area contributed by atoms with Crippen LogP contribution in [-0.2, 0) is 11.2 Å². The zero-order valence-corrected chi connectivity index (χ0v) is 13.7. The van der Waals surface area contributed by atoms with Gasteiger partial charge in [-0.05, 0) is 55.2 Å². The number of carbonyl (C=O) groups excluding carboxylic acids is 2. The van der Waals surface area contributed by atoms with Crippen molar-refractivity contribution in [2.24, 2.45) is 0 Å². The maximum absolute atomic E-state index is 13.2. The lowest BCUT2D eigenvalue weighted by Gasteiger charge is -2.23. The Morgan fingerprint density at radius 2 is 1.83 bits per heavy atom. The van der Waals surface area contributed by atoms with Crippen LogP contribution in [0.5, 0.6) is 5.75 Å². The highest BCUT2D eigenvalue weighted by molar-refractivity contribution is 6.29. The van der Waals surface area contributed by atoms with E-state index in [1.165, 1.54) is 0 Å². The number of carbonyl (C=O) groups is 2. The van der Waals surface area contributed by atoms with E-state index in [4.69, 9.17) is 9.47 Å². The smallest absolute Gasteiger partial charge is 0.195 e. The quantitative estimate of drug-likeness (QED) is 0.740. The van der Waals surface area contributed by atoms with E-state index in [9.17, 15) is 9.59 Å². The molecular formula is C20H18O4. The fraction of sp³-hybridized carbons (Fsp3) is 0.300. The largest absolute Gasteiger partial charge is 0.497 e. The third kappa shape index (κ3) is 2.03. The van der Waals surface area contributed by atoms with Crippen molar-refractivity contribution in [3.8, 4) is 5.75 Å². The normalized spacial score (nSPS) is 18.2. The van der Waals surface area contributed by atoms with Crippen molar-refractivity contribution in [1.29, 1.82) is 0 Å². The van der Waals surface area contributed by atoms with Crippen LogP contribution in [0.1, 0.15) is 62.4 Å². The van der Waals surface area contributed by atoms with Crippen molar-refractivity contribution in [2.75, 3.05) is 13.7 Å². The van der Waals surface area contributed by atoms with Crippen molar-refractivity contribution >= 4 is 11.6 Å². The molecule has 0 amide bonds. The van der Waals surface area contributed by atoms with E-state index in [2.05, 4.69) is 0 Å². The molecule has 4 heteroatoms. The Hall–Kier alpha value is -2.46. The van der Waals surface area contributed by atoms with Crippen LogP contribution in [0.3, 0.4) is 0 Å². The van der Waals surface area contributed by atoms with Gasteiger partial charge in [0.1, 0.15) is 5.75 Å². The van der Waals surface area contributed by atoms with Crippen LogP contribution in [0, 0.1) is 0 Å². The number of rotatable bonds is 3. The summed E-state index contributed by atoms with van der Waals surface area (Å²) in [6.45, 7) is 2.53. The zero-order chi connectivity index (χ0) is 16.8. The molecule has 0 aromatic heterocycles. The molecule has 1 atom stereocenters. The summed E-state index contributed by atoms with van der Waals surface area (Å²) in [5, 5.41) is 0. The van der Waals surface area contributed by atoms with Crippen molar-refractivity contribution in [3.63, 3.8) is 0 Å². The van der Waals surface area contributed by atoms with Gasteiger partial charge in [0, 0.05) is 28.9 Å². The van der Waals surface area contributed by atoms with E-state index in [1.807, 2.05) is 13.0 Å². The highest BCUT2D eigenvalue weighted by atomic mass is 16.5. The second-order valence-corrected chi connectivity index (χ2v) is 6.11. The summed E-state index contributed by atoms with van der Waals surface area (Å²) < 4.78 is 11.0. The molecule has 24 heavy (non-hydrogen) atoms. The van der Waals surface area contributed by atoms with Crippen LogP contribution in [0.25, 0.3) is 0 Å². The summed E-state index contributed by atoms with van der Waals surface area (Å²) >= 11 is 0. The summed E-state index contributed by atoms with van der Waals surface area (Å²) in [6, 6.07) is 8.79. The van der Waals surface area contributed by atoms with Crippen LogP contribution in [0.2, 0.25) is 0 Å². The molecule has 1 unspecified atom stereocenters. The minimum atomic E-state index is -0.109. The van der Waals surface area contributed by atoms with Gasteiger partial charge in [-0.1, -0.05) is 6.07 Å². The lowest BCUT2D eigenvalue weighted by Crippen LogP contribution is -2.23. The molecule has 2 aromatic rings. The number of aryl methyl sites for hydroxylation is 1. The maximum atomic E-state index is 13.2. The van der Waals surface area contributed by atoms with Crippen LogP contribution in [0.15, 0.2) is 30.3 Å². The second kappa shape index (κ2) is 5.56. The van der Waals surface area contributed by atoms with Crippen LogP contribution >= 0.6 is 0 Å². The first-order chi connectivity index (χ1) is 11.7. The van der Waals surface area contributed by atoms with E-state index in [1.54, 1.807) is 31.4 Å². The summed E-state index contributed by atoms with van der Waals surface area (Å²) in [5.41, 5.74) is 3.89. The fourth-order valence-electron chi connectivity index (χ4n) is 3.80. The molecule has 2 aliphatic carbocycles. The highest BCUT2D eigenvalue weighted by Crippen LogP contribution is 2.41. The summed E-state index contributed by atoms with van der Waals surface area (Å²) in [4.78, 5) is 26.1. The van der Waals surface area contributed by atoms with E-state index in [0.29, 0.717) is 34.6 Å². The Kier molecular flexibility index (Phi) is 3.50. The summed E-state index contributed by atoms with van der Waals surface area (Å²) in [7, 11) is 1.55. The number of fused-ring (bicyclic) bond motifs is 4. The molecule has 0 saturated carbocycles.